The summed E-state index contributed by atoms with van der Waals surface area (Å²) in [6.45, 7) is 6.76. The van der Waals surface area contributed by atoms with E-state index >= 15 is 0 Å². The number of hydrogen-bond acceptors (Lipinski definition) is 7. The molecule has 0 aliphatic heterocycles. The number of nitrogens with one attached hydrogen (secondary N) is 1. The van der Waals surface area contributed by atoms with E-state index in [0.717, 1.165) is 83.5 Å². The number of allylic oxidation sites excluding steroid dienone is 7. The van der Waals surface area contributed by atoms with E-state index in [9.17, 15) is 19.0 Å². The average Bonchev–Trinajstić information content (AvgIpc) is 3.38. The van der Waals surface area contributed by atoms with E-state index in [4.69, 9.17) is 13.8 Å². The van der Waals surface area contributed by atoms with Crippen LogP contribution in [0.5, 0.6) is 0 Å². The molecule has 1 amide bonds. The van der Waals surface area contributed by atoms with Crippen molar-refractivity contribution >= 4 is 19.7 Å². The van der Waals surface area contributed by atoms with Crippen LogP contribution in [0.25, 0.3) is 0 Å². The molecule has 3 unspecified atom stereocenters. The van der Waals surface area contributed by atoms with Gasteiger partial charge in [0.15, 0.2) is 0 Å². The number of rotatable bonds is 59. The van der Waals surface area contributed by atoms with Crippen molar-refractivity contribution in [3.63, 3.8) is 0 Å². The number of phosphoric ester groups is 1. The lowest BCUT2D eigenvalue weighted by Crippen LogP contribution is -2.47. The summed E-state index contributed by atoms with van der Waals surface area (Å²) < 4.78 is 30.3. The highest BCUT2D eigenvalue weighted by atomic mass is 31.2. The largest absolute Gasteiger partial charge is 0.756 e. The fourth-order valence-electron chi connectivity index (χ4n) is 9.50. The van der Waals surface area contributed by atoms with Gasteiger partial charge in [-0.25, -0.2) is 0 Å². The molecule has 446 valence electrons. The summed E-state index contributed by atoms with van der Waals surface area (Å²) in [5.41, 5.74) is 0. The quantitative estimate of drug-likeness (QED) is 0.0212. The predicted octanol–water partition coefficient (Wildman–Crippen LogP) is 19.4. The number of ether oxygens (including phenoxy) is 1. The monoisotopic (exact) mass is 1090 g/mol. The molecule has 76 heavy (non-hydrogen) atoms. The maximum atomic E-state index is 13.6. The first-order chi connectivity index (χ1) is 36.9. The van der Waals surface area contributed by atoms with Gasteiger partial charge in [-0.05, 0) is 83.1 Å². The molecule has 1 N–H and O–H groups in total. The minimum Gasteiger partial charge on any atom is -0.756 e. The van der Waals surface area contributed by atoms with Crippen molar-refractivity contribution in [2.75, 3.05) is 40.9 Å². The summed E-state index contributed by atoms with van der Waals surface area (Å²) in [6, 6.07) is -0.890. The second-order valence-electron chi connectivity index (χ2n) is 23.2. The second-order valence-corrected chi connectivity index (χ2v) is 24.6. The number of quaternary nitrogens is 1. The zero-order chi connectivity index (χ0) is 55.7. The average molecular weight is 1090 g/mol. The number of esters is 1. The third-order valence-corrected chi connectivity index (χ3v) is 15.5. The lowest BCUT2D eigenvalue weighted by Gasteiger charge is -2.30. The summed E-state index contributed by atoms with van der Waals surface area (Å²) in [5.74, 6) is -0.540. The van der Waals surface area contributed by atoms with Gasteiger partial charge in [-0.1, -0.05) is 262 Å². The molecule has 0 aliphatic rings. The van der Waals surface area contributed by atoms with Crippen molar-refractivity contribution in [2.24, 2.45) is 0 Å². The minimum absolute atomic E-state index is 0.0228. The number of hydrogen-bond donors (Lipinski definition) is 1. The first-order valence-electron chi connectivity index (χ1n) is 32.4. The molecule has 0 fully saturated rings. The van der Waals surface area contributed by atoms with Crippen LogP contribution < -0.4 is 10.2 Å². The molecular formula is C66H125N2O7P. The smallest absolute Gasteiger partial charge is 0.306 e. The number of likely N-dealkylation sites (N-methyl/N-ethyl adjacent to an activating group) is 1. The van der Waals surface area contributed by atoms with Crippen LogP contribution in [0.15, 0.2) is 48.6 Å². The highest BCUT2D eigenvalue weighted by Crippen LogP contribution is 2.38. The van der Waals surface area contributed by atoms with Gasteiger partial charge >= 0.3 is 5.97 Å². The Morgan fingerprint density at radius 3 is 1.26 bits per heavy atom. The van der Waals surface area contributed by atoms with Gasteiger partial charge in [0.2, 0.25) is 5.91 Å². The summed E-state index contributed by atoms with van der Waals surface area (Å²) in [6.07, 6.45) is 69.4. The number of unbranched alkanes of at least 4 members (excludes halogenated alkanes) is 37. The van der Waals surface area contributed by atoms with Crippen molar-refractivity contribution in [3.8, 4) is 0 Å². The summed E-state index contributed by atoms with van der Waals surface area (Å²) >= 11 is 0. The summed E-state index contributed by atoms with van der Waals surface area (Å²) in [4.78, 5) is 40.0. The van der Waals surface area contributed by atoms with Gasteiger partial charge in [0.1, 0.15) is 19.3 Å². The van der Waals surface area contributed by atoms with Gasteiger partial charge in [0, 0.05) is 12.8 Å². The molecule has 0 saturated heterocycles. The van der Waals surface area contributed by atoms with Crippen LogP contribution in [0.4, 0.5) is 0 Å². The van der Waals surface area contributed by atoms with Gasteiger partial charge in [-0.3, -0.25) is 14.2 Å². The number of amides is 1. The molecule has 3 atom stereocenters. The number of nitrogens with zero attached hydrogens (tertiary/aromatic N) is 1. The van der Waals surface area contributed by atoms with Crippen LogP contribution in [-0.4, -0.2) is 69.4 Å². The molecular weight excluding hydrogens is 964 g/mol. The zero-order valence-electron chi connectivity index (χ0n) is 51.0. The topological polar surface area (TPSA) is 114 Å². The highest BCUT2D eigenvalue weighted by molar-refractivity contribution is 7.45. The van der Waals surface area contributed by atoms with Crippen LogP contribution >= 0.6 is 7.82 Å². The molecule has 0 aromatic rings. The number of carbonyl (C=O) groups excluding carboxylic acids is 2. The third-order valence-electron chi connectivity index (χ3n) is 14.5. The Morgan fingerprint density at radius 1 is 0.474 bits per heavy atom. The maximum absolute atomic E-state index is 13.6. The van der Waals surface area contributed by atoms with Crippen LogP contribution in [-0.2, 0) is 27.9 Å². The molecule has 0 aromatic carbocycles. The fourth-order valence-corrected chi connectivity index (χ4v) is 10.2. The van der Waals surface area contributed by atoms with E-state index in [1.54, 1.807) is 0 Å². The Labute approximate surface area is 471 Å². The van der Waals surface area contributed by atoms with Gasteiger partial charge in [0.05, 0.1) is 33.8 Å². The van der Waals surface area contributed by atoms with Crippen molar-refractivity contribution in [2.45, 2.75) is 322 Å². The molecule has 0 rings (SSSR count). The first kappa shape index (κ1) is 74.0. The molecule has 0 heterocycles. The Morgan fingerprint density at radius 2 is 0.842 bits per heavy atom. The van der Waals surface area contributed by atoms with E-state index in [2.05, 4.69) is 62.5 Å². The van der Waals surface area contributed by atoms with E-state index in [1.165, 1.54) is 193 Å². The molecule has 0 aromatic heterocycles. The third kappa shape index (κ3) is 56.7. The molecule has 0 aliphatic carbocycles. The molecule has 9 nitrogen and oxygen atoms in total. The number of carbonyl (C=O) groups is 2. The van der Waals surface area contributed by atoms with Crippen molar-refractivity contribution < 1.29 is 37.3 Å². The van der Waals surface area contributed by atoms with Crippen LogP contribution in [0.3, 0.4) is 0 Å². The highest BCUT2D eigenvalue weighted by Gasteiger charge is 2.27. The molecule has 10 heteroatoms. The van der Waals surface area contributed by atoms with E-state index in [1.807, 2.05) is 33.3 Å². The van der Waals surface area contributed by atoms with Crippen LogP contribution in [0.2, 0.25) is 0 Å². The normalized spacial score (nSPS) is 13.9. The van der Waals surface area contributed by atoms with Gasteiger partial charge in [-0.2, -0.15) is 0 Å². The van der Waals surface area contributed by atoms with Crippen molar-refractivity contribution in [1.82, 2.24) is 5.32 Å². The molecule has 0 bridgehead atoms. The standard InChI is InChI=1S/C66H125N2O7P/c1-7-10-13-16-19-22-25-28-30-31-32-33-34-35-36-37-38-40-43-46-49-52-55-58-65(69)67-63(62-74-76(71,72)73-61-60-68(4,5)6)64(57-54-51-48-45-42-39-27-24-21-18-15-12-9-3)75-66(70)59-56-53-50-47-44-41-29-26-23-20-17-14-11-8-2/h11,14,20,23,28,30,54,57,63-64H,7-10,12-13,15-19,21-22,24-27,29,31-53,55-56,58-62H2,1-6H3,(H-,67,69,71,72)/b14-11+,23-20+,30-28+,57-54-. The Bertz CT molecular complexity index is 1440. The molecule has 0 saturated carbocycles. The van der Waals surface area contributed by atoms with Crippen molar-refractivity contribution in [3.05, 3.63) is 48.6 Å². The van der Waals surface area contributed by atoms with E-state index < -0.39 is 20.0 Å². The van der Waals surface area contributed by atoms with E-state index in [0.29, 0.717) is 17.4 Å². The van der Waals surface area contributed by atoms with Crippen LogP contribution in [0, 0.1) is 0 Å². The Hall–Kier alpha value is -2.03. The minimum atomic E-state index is -4.70. The Kier molecular flexibility index (Phi) is 54.7. The van der Waals surface area contributed by atoms with Gasteiger partial charge in [0.25, 0.3) is 7.82 Å². The fraction of sp³-hybridized carbons (Fsp3) is 0.848. The zero-order valence-corrected chi connectivity index (χ0v) is 51.9. The SMILES string of the molecule is CC/C=C/C/C=C/CCCCCCCCCC(=O)OC(/C=C\CCCCCCCCCCCCC)C(COP(=O)([O-])OCC[N+](C)(C)C)NC(=O)CCCCCCCCCCCCCCC/C=C/CCCCCCCC. The van der Waals surface area contributed by atoms with Crippen molar-refractivity contribution in [1.29, 1.82) is 0 Å². The number of phosphoric acid groups is 1. The first-order valence-corrected chi connectivity index (χ1v) is 33.9. The Balaban J connectivity index is 5.14. The van der Waals surface area contributed by atoms with E-state index in [-0.39, 0.29) is 31.5 Å². The van der Waals surface area contributed by atoms with Gasteiger partial charge in [-0.15, -0.1) is 0 Å². The maximum Gasteiger partial charge on any atom is 0.306 e. The van der Waals surface area contributed by atoms with Crippen LogP contribution in [0.1, 0.15) is 310 Å². The summed E-state index contributed by atoms with van der Waals surface area (Å²) in [7, 11) is 1.19. The second kappa shape index (κ2) is 56.3. The lowest BCUT2D eigenvalue weighted by atomic mass is 10.0. The lowest BCUT2D eigenvalue weighted by molar-refractivity contribution is -0.870. The van der Waals surface area contributed by atoms with Gasteiger partial charge < -0.3 is 28.5 Å². The summed E-state index contributed by atoms with van der Waals surface area (Å²) in [5, 5.41) is 3.04. The molecule has 0 radical (unpaired) electrons. The molecule has 0 spiro atoms. The predicted molar refractivity (Wildman–Crippen MR) is 326 cm³/mol.